The topological polar surface area (TPSA) is 47.7 Å². The van der Waals surface area contributed by atoms with E-state index in [-0.39, 0.29) is 6.04 Å². The van der Waals surface area contributed by atoms with Crippen LogP contribution in [0.2, 0.25) is 0 Å². The smallest absolute Gasteiger partial charge is 0.0641 e. The molecule has 0 radical (unpaired) electrons. The summed E-state index contributed by atoms with van der Waals surface area (Å²) in [7, 11) is 1.97. The van der Waals surface area contributed by atoms with Gasteiger partial charge in [-0.25, -0.2) is 0 Å². The van der Waals surface area contributed by atoms with Crippen molar-refractivity contribution >= 4 is 0 Å². The lowest BCUT2D eigenvalue weighted by atomic mass is 10.0. The Morgan fingerprint density at radius 1 is 1.28 bits per heavy atom. The normalized spacial score (nSPS) is 12.9. The largest absolute Gasteiger partial charge is 0.306 e. The quantitative estimate of drug-likeness (QED) is 0.874. The Morgan fingerprint density at radius 3 is 2.56 bits per heavy atom. The summed E-state index contributed by atoms with van der Waals surface area (Å²) >= 11 is 0. The molecule has 1 atom stereocenters. The fourth-order valence-corrected chi connectivity index (χ4v) is 2.11. The highest BCUT2D eigenvalue weighted by Crippen LogP contribution is 2.23. The second-order valence-electron chi connectivity index (χ2n) is 4.43. The maximum Gasteiger partial charge on any atom is 0.0641 e. The maximum absolute atomic E-state index is 4.35. The zero-order chi connectivity index (χ0) is 13.1. The zero-order valence-corrected chi connectivity index (χ0v) is 11.5. The minimum Gasteiger partial charge on any atom is -0.306 e. The lowest BCUT2D eigenvalue weighted by molar-refractivity contribution is 0.620. The van der Waals surface area contributed by atoms with Crippen LogP contribution in [0.15, 0.2) is 18.6 Å². The molecular weight excluding hydrogens is 226 g/mol. The van der Waals surface area contributed by atoms with Gasteiger partial charge in [-0.15, -0.1) is 0 Å². The second-order valence-corrected chi connectivity index (χ2v) is 4.43. The van der Waals surface area contributed by atoms with Crippen LogP contribution in [-0.2, 0) is 13.6 Å². The molecule has 5 heteroatoms. The third-order valence-electron chi connectivity index (χ3n) is 3.30. The molecule has 0 saturated carbocycles. The zero-order valence-electron chi connectivity index (χ0n) is 11.5. The highest BCUT2D eigenvalue weighted by atomic mass is 15.3. The van der Waals surface area contributed by atoms with Gasteiger partial charge in [-0.1, -0.05) is 6.92 Å². The van der Waals surface area contributed by atoms with Crippen LogP contribution in [0.3, 0.4) is 0 Å². The predicted octanol–water partition coefficient (Wildman–Crippen LogP) is 1.64. The van der Waals surface area contributed by atoms with E-state index in [0.29, 0.717) is 0 Å². The van der Waals surface area contributed by atoms with E-state index < -0.39 is 0 Å². The maximum atomic E-state index is 4.35. The first-order valence-electron chi connectivity index (χ1n) is 6.41. The Kier molecular flexibility index (Phi) is 3.81. The lowest BCUT2D eigenvalue weighted by Crippen LogP contribution is -2.22. The molecule has 2 aromatic heterocycles. The van der Waals surface area contributed by atoms with Gasteiger partial charge in [0.05, 0.1) is 18.4 Å². The van der Waals surface area contributed by atoms with Crippen LogP contribution in [0.4, 0.5) is 0 Å². The van der Waals surface area contributed by atoms with Gasteiger partial charge in [0.1, 0.15) is 0 Å². The standard InChI is InChI=1S/C13H21N5/c1-5-14-13(11-7-16-18(6-2)9-11)12-8-15-17(4)10(12)3/h7-9,13-14H,5-6H2,1-4H3. The number of aryl methyl sites for hydroxylation is 2. The summed E-state index contributed by atoms with van der Waals surface area (Å²) in [4.78, 5) is 0. The summed E-state index contributed by atoms with van der Waals surface area (Å²) < 4.78 is 3.86. The molecule has 0 amide bonds. The predicted molar refractivity (Wildman–Crippen MR) is 71.4 cm³/mol. The van der Waals surface area contributed by atoms with Crippen molar-refractivity contribution in [2.45, 2.75) is 33.4 Å². The molecule has 0 fully saturated rings. The van der Waals surface area contributed by atoms with E-state index in [0.717, 1.165) is 13.1 Å². The highest BCUT2D eigenvalue weighted by molar-refractivity contribution is 5.30. The summed E-state index contributed by atoms with van der Waals surface area (Å²) in [6.07, 6.45) is 5.97. The Bertz CT molecular complexity index is 511. The van der Waals surface area contributed by atoms with Crippen LogP contribution in [-0.4, -0.2) is 26.1 Å². The molecule has 2 rings (SSSR count). The van der Waals surface area contributed by atoms with Gasteiger partial charge in [-0.05, 0) is 20.4 Å². The third kappa shape index (κ3) is 2.31. The number of rotatable bonds is 5. The van der Waals surface area contributed by atoms with Crippen LogP contribution < -0.4 is 5.32 Å². The Hall–Kier alpha value is -1.62. The molecule has 0 saturated heterocycles. The minimum absolute atomic E-state index is 0.170. The van der Waals surface area contributed by atoms with E-state index >= 15 is 0 Å². The Morgan fingerprint density at radius 2 is 2.06 bits per heavy atom. The number of nitrogens with zero attached hydrogens (tertiary/aromatic N) is 4. The fraction of sp³-hybridized carbons (Fsp3) is 0.538. The summed E-state index contributed by atoms with van der Waals surface area (Å²) in [6, 6.07) is 0.170. The number of hydrogen-bond acceptors (Lipinski definition) is 3. The fourth-order valence-electron chi connectivity index (χ4n) is 2.11. The summed E-state index contributed by atoms with van der Waals surface area (Å²) in [5, 5.41) is 12.2. The third-order valence-corrected chi connectivity index (χ3v) is 3.30. The van der Waals surface area contributed by atoms with Gasteiger partial charge in [0.2, 0.25) is 0 Å². The van der Waals surface area contributed by atoms with Gasteiger partial charge >= 0.3 is 0 Å². The van der Waals surface area contributed by atoms with Crippen molar-refractivity contribution < 1.29 is 0 Å². The second kappa shape index (κ2) is 5.35. The van der Waals surface area contributed by atoms with Crippen LogP contribution in [0.1, 0.15) is 36.7 Å². The molecule has 2 aromatic rings. The molecule has 0 aliphatic heterocycles. The van der Waals surface area contributed by atoms with Crippen molar-refractivity contribution in [2.75, 3.05) is 6.54 Å². The average Bonchev–Trinajstić information content (AvgIpc) is 2.96. The van der Waals surface area contributed by atoms with Crippen LogP contribution in [0.5, 0.6) is 0 Å². The van der Waals surface area contributed by atoms with E-state index in [1.54, 1.807) is 0 Å². The molecule has 1 N–H and O–H groups in total. The number of hydrogen-bond donors (Lipinski definition) is 1. The molecule has 5 nitrogen and oxygen atoms in total. The van der Waals surface area contributed by atoms with E-state index in [1.807, 2.05) is 28.8 Å². The van der Waals surface area contributed by atoms with E-state index in [4.69, 9.17) is 0 Å². The van der Waals surface area contributed by atoms with Crippen molar-refractivity contribution in [2.24, 2.45) is 7.05 Å². The molecule has 0 aliphatic carbocycles. The van der Waals surface area contributed by atoms with Crippen molar-refractivity contribution in [1.29, 1.82) is 0 Å². The molecule has 1 unspecified atom stereocenters. The Balaban J connectivity index is 2.36. The first-order chi connectivity index (χ1) is 8.67. The van der Waals surface area contributed by atoms with Gasteiger partial charge in [-0.2, -0.15) is 10.2 Å². The molecule has 2 heterocycles. The minimum atomic E-state index is 0.170. The summed E-state index contributed by atoms with van der Waals surface area (Å²) in [5.41, 5.74) is 3.59. The Labute approximate surface area is 108 Å². The van der Waals surface area contributed by atoms with Gasteiger partial charge in [0.15, 0.2) is 0 Å². The van der Waals surface area contributed by atoms with Gasteiger partial charge in [-0.3, -0.25) is 9.36 Å². The molecule has 0 bridgehead atoms. The lowest BCUT2D eigenvalue weighted by Gasteiger charge is -2.16. The number of aromatic nitrogens is 4. The van der Waals surface area contributed by atoms with Crippen molar-refractivity contribution in [3.8, 4) is 0 Å². The van der Waals surface area contributed by atoms with E-state index in [9.17, 15) is 0 Å². The van der Waals surface area contributed by atoms with Gasteiger partial charge < -0.3 is 5.32 Å². The van der Waals surface area contributed by atoms with E-state index in [2.05, 4.69) is 42.5 Å². The first-order valence-corrected chi connectivity index (χ1v) is 6.41. The van der Waals surface area contributed by atoms with E-state index in [1.165, 1.54) is 16.8 Å². The molecule has 0 aromatic carbocycles. The van der Waals surface area contributed by atoms with Gasteiger partial charge in [0, 0.05) is 36.6 Å². The monoisotopic (exact) mass is 247 g/mol. The van der Waals surface area contributed by atoms with Crippen molar-refractivity contribution in [3.05, 3.63) is 35.4 Å². The van der Waals surface area contributed by atoms with Crippen molar-refractivity contribution in [1.82, 2.24) is 24.9 Å². The van der Waals surface area contributed by atoms with Crippen LogP contribution in [0.25, 0.3) is 0 Å². The summed E-state index contributed by atoms with van der Waals surface area (Å²) in [6.45, 7) is 8.11. The molecule has 0 spiro atoms. The number of nitrogens with one attached hydrogen (secondary N) is 1. The highest BCUT2D eigenvalue weighted by Gasteiger charge is 2.19. The SMILES string of the molecule is CCNC(c1cnn(CC)c1)c1cnn(C)c1C. The van der Waals surface area contributed by atoms with Crippen molar-refractivity contribution in [3.63, 3.8) is 0 Å². The molecule has 18 heavy (non-hydrogen) atoms. The molecule has 98 valence electrons. The molecular formula is C13H21N5. The average molecular weight is 247 g/mol. The summed E-state index contributed by atoms with van der Waals surface area (Å²) in [5.74, 6) is 0. The van der Waals surface area contributed by atoms with Gasteiger partial charge in [0.25, 0.3) is 0 Å². The first kappa shape index (κ1) is 12.8. The van der Waals surface area contributed by atoms with Crippen LogP contribution >= 0.6 is 0 Å². The van der Waals surface area contributed by atoms with Crippen LogP contribution in [0, 0.1) is 6.92 Å². The molecule has 0 aliphatic rings.